The molecule has 0 radical (unpaired) electrons. The van der Waals surface area contributed by atoms with E-state index in [9.17, 15) is 0 Å². The van der Waals surface area contributed by atoms with Crippen LogP contribution in [0, 0.1) is 0 Å². The van der Waals surface area contributed by atoms with Crippen LogP contribution in [0.3, 0.4) is 0 Å². The van der Waals surface area contributed by atoms with Gasteiger partial charge in [0.15, 0.2) is 0 Å². The van der Waals surface area contributed by atoms with Crippen molar-refractivity contribution in [2.24, 2.45) is 4.99 Å². The van der Waals surface area contributed by atoms with Crippen molar-refractivity contribution in [3.63, 3.8) is 0 Å². The molecule has 1 saturated heterocycles. The van der Waals surface area contributed by atoms with Crippen LogP contribution in [0.2, 0.25) is 0 Å². The summed E-state index contributed by atoms with van der Waals surface area (Å²) < 4.78 is 0. The monoisotopic (exact) mass is 435 g/mol. The number of nitrogens with zero attached hydrogens (tertiary/aromatic N) is 6. The van der Waals surface area contributed by atoms with Crippen LogP contribution in [0.4, 0.5) is 0 Å². The third-order valence-electron chi connectivity index (χ3n) is 7.47. The fourth-order valence-electron chi connectivity index (χ4n) is 5.70. The number of aryl methyl sites for hydroxylation is 1. The molecule has 3 atom stereocenters. The fraction of sp³-hybridized carbons (Fsp3) is 0.600. The molecule has 0 bridgehead atoms. The number of allylic oxidation sites excluding steroid dienone is 2. The summed E-state index contributed by atoms with van der Waals surface area (Å²) in [6.45, 7) is 6.22. The van der Waals surface area contributed by atoms with Gasteiger partial charge in [0.05, 0.1) is 23.8 Å². The summed E-state index contributed by atoms with van der Waals surface area (Å²) in [5, 5.41) is 3.45. The Morgan fingerprint density at radius 2 is 2.06 bits per heavy atom. The van der Waals surface area contributed by atoms with Gasteiger partial charge < -0.3 is 20.0 Å². The number of aliphatic imine (C=N–C) groups is 1. The maximum absolute atomic E-state index is 5.24. The Morgan fingerprint density at radius 3 is 2.88 bits per heavy atom. The average Bonchev–Trinajstić information content (AvgIpc) is 3.16. The van der Waals surface area contributed by atoms with E-state index in [0.29, 0.717) is 12.1 Å². The normalized spacial score (nSPS) is 27.9. The lowest BCUT2D eigenvalue weighted by atomic mass is 9.90. The van der Waals surface area contributed by atoms with E-state index in [1.807, 2.05) is 6.20 Å². The van der Waals surface area contributed by atoms with Gasteiger partial charge in [-0.1, -0.05) is 12.1 Å². The van der Waals surface area contributed by atoms with Gasteiger partial charge >= 0.3 is 0 Å². The third-order valence-corrected chi connectivity index (χ3v) is 7.47. The molecule has 0 saturated carbocycles. The van der Waals surface area contributed by atoms with Crippen LogP contribution in [0.5, 0.6) is 0 Å². The molecule has 7 nitrogen and oxygen atoms in total. The molecule has 1 aromatic rings. The first-order valence-corrected chi connectivity index (χ1v) is 12.1. The average molecular weight is 436 g/mol. The number of aromatic nitrogens is 1. The molecule has 0 spiro atoms. The Bertz CT molecular complexity index is 899. The van der Waals surface area contributed by atoms with Crippen molar-refractivity contribution in [3.8, 4) is 0 Å². The molecule has 4 aliphatic rings. The van der Waals surface area contributed by atoms with E-state index >= 15 is 0 Å². The molecule has 5 rings (SSSR count). The third kappa shape index (κ3) is 4.09. The van der Waals surface area contributed by atoms with Crippen LogP contribution in [-0.2, 0) is 6.42 Å². The number of pyridine rings is 1. The van der Waals surface area contributed by atoms with Gasteiger partial charge in [0.25, 0.3) is 0 Å². The second-order valence-corrected chi connectivity index (χ2v) is 9.62. The lowest BCUT2D eigenvalue weighted by Gasteiger charge is -2.42. The second kappa shape index (κ2) is 9.33. The number of hydrogen-bond donors (Lipinski definition) is 1. The van der Waals surface area contributed by atoms with Gasteiger partial charge in [0.1, 0.15) is 11.7 Å². The van der Waals surface area contributed by atoms with Crippen LogP contribution >= 0.6 is 0 Å². The highest BCUT2D eigenvalue weighted by Gasteiger charge is 2.40. The molecule has 7 heteroatoms. The van der Waals surface area contributed by atoms with Gasteiger partial charge in [-0.2, -0.15) is 0 Å². The zero-order valence-corrected chi connectivity index (χ0v) is 19.7. The summed E-state index contributed by atoms with van der Waals surface area (Å²) in [7, 11) is 6.53. The van der Waals surface area contributed by atoms with Crippen molar-refractivity contribution in [2.45, 2.75) is 37.4 Å². The van der Waals surface area contributed by atoms with E-state index < -0.39 is 0 Å². The molecule has 32 heavy (non-hydrogen) atoms. The van der Waals surface area contributed by atoms with E-state index in [1.54, 1.807) is 0 Å². The van der Waals surface area contributed by atoms with Crippen LogP contribution in [0.15, 0.2) is 47.4 Å². The number of nitrogens with one attached hydrogen (secondary N) is 1. The van der Waals surface area contributed by atoms with Gasteiger partial charge in [-0.3, -0.25) is 14.9 Å². The number of piperazine rings is 1. The quantitative estimate of drug-likeness (QED) is 0.734. The highest BCUT2D eigenvalue weighted by molar-refractivity contribution is 5.97. The van der Waals surface area contributed by atoms with Crippen molar-refractivity contribution in [2.75, 3.05) is 60.4 Å². The first-order chi connectivity index (χ1) is 15.7. The maximum Gasteiger partial charge on any atom is 0.129 e. The predicted molar refractivity (Wildman–Crippen MR) is 130 cm³/mol. The number of rotatable bonds is 6. The van der Waals surface area contributed by atoms with Crippen molar-refractivity contribution >= 4 is 5.84 Å². The van der Waals surface area contributed by atoms with Crippen molar-refractivity contribution in [1.29, 1.82) is 0 Å². The van der Waals surface area contributed by atoms with Gasteiger partial charge in [0.2, 0.25) is 0 Å². The van der Waals surface area contributed by atoms with E-state index in [4.69, 9.17) is 9.98 Å². The molecule has 2 unspecified atom stereocenters. The standard InChI is InChI=1S/C25H37N7/c1-26-17-22-20(18-30(3)21-9-4-7-19-8-6-12-27-25(19)21)28-23-10-5-11-24(32(22)23)31-15-13-29(2)14-16-31/h5-6,8,10-12,20-22,26H,4,7,9,13-18H2,1-3H3/t20?,21-,22?/m0/s1. The summed E-state index contributed by atoms with van der Waals surface area (Å²) >= 11 is 0. The van der Waals surface area contributed by atoms with Gasteiger partial charge in [-0.15, -0.1) is 0 Å². The summed E-state index contributed by atoms with van der Waals surface area (Å²) in [6, 6.07) is 5.26. The summed E-state index contributed by atoms with van der Waals surface area (Å²) in [6.07, 6.45) is 12.1. The van der Waals surface area contributed by atoms with Gasteiger partial charge in [-0.25, -0.2) is 0 Å². The highest BCUT2D eigenvalue weighted by Crippen LogP contribution is 2.34. The highest BCUT2D eigenvalue weighted by atomic mass is 15.4. The molecule has 1 aliphatic carbocycles. The molecule has 0 aromatic carbocycles. The molecular weight excluding hydrogens is 398 g/mol. The van der Waals surface area contributed by atoms with Crippen LogP contribution in [-0.4, -0.2) is 103 Å². The summed E-state index contributed by atoms with van der Waals surface area (Å²) in [5.41, 5.74) is 2.69. The molecular formula is C25H37N7. The van der Waals surface area contributed by atoms with E-state index in [-0.39, 0.29) is 6.04 Å². The van der Waals surface area contributed by atoms with Crippen LogP contribution < -0.4 is 5.32 Å². The molecule has 1 aromatic heterocycles. The lowest BCUT2D eigenvalue weighted by molar-refractivity contribution is 0.140. The Kier molecular flexibility index (Phi) is 6.31. The number of likely N-dealkylation sites (N-methyl/N-ethyl adjacent to an activating group) is 3. The molecule has 3 aliphatic heterocycles. The Hall–Kier alpha value is -2.22. The predicted octanol–water partition coefficient (Wildman–Crippen LogP) is 1.72. The number of fused-ring (bicyclic) bond motifs is 2. The largest absolute Gasteiger partial charge is 0.355 e. The molecule has 4 heterocycles. The smallest absolute Gasteiger partial charge is 0.129 e. The second-order valence-electron chi connectivity index (χ2n) is 9.62. The van der Waals surface area contributed by atoms with Gasteiger partial charge in [0, 0.05) is 45.5 Å². The Balaban J connectivity index is 1.35. The van der Waals surface area contributed by atoms with E-state index in [1.165, 1.54) is 29.9 Å². The van der Waals surface area contributed by atoms with Crippen LogP contribution in [0.25, 0.3) is 0 Å². The number of hydrogen-bond acceptors (Lipinski definition) is 7. The van der Waals surface area contributed by atoms with E-state index in [2.05, 4.69) is 76.4 Å². The van der Waals surface area contributed by atoms with E-state index in [0.717, 1.165) is 51.5 Å². The zero-order valence-electron chi connectivity index (χ0n) is 19.7. The maximum atomic E-state index is 5.24. The van der Waals surface area contributed by atoms with Crippen molar-refractivity contribution in [3.05, 3.63) is 53.6 Å². The molecule has 172 valence electrons. The van der Waals surface area contributed by atoms with Crippen molar-refractivity contribution < 1.29 is 0 Å². The fourth-order valence-corrected chi connectivity index (χ4v) is 5.70. The zero-order chi connectivity index (χ0) is 22.1. The first-order valence-electron chi connectivity index (χ1n) is 12.1. The molecule has 1 N–H and O–H groups in total. The topological polar surface area (TPSA) is 50.2 Å². The number of amidine groups is 1. The molecule has 0 amide bonds. The Morgan fingerprint density at radius 1 is 1.22 bits per heavy atom. The lowest BCUT2D eigenvalue weighted by Crippen LogP contribution is -2.54. The summed E-state index contributed by atoms with van der Waals surface area (Å²) in [4.78, 5) is 20.0. The Labute approximate surface area is 192 Å². The SMILES string of the molecule is CNCC1C(CN(C)[C@H]2CCCc3cccnc32)N=C2C=CC=C(N3CCN(C)CC3)N21. The minimum atomic E-state index is 0.232. The molecule has 1 fully saturated rings. The minimum Gasteiger partial charge on any atom is -0.355 e. The summed E-state index contributed by atoms with van der Waals surface area (Å²) in [5.74, 6) is 2.43. The minimum absolute atomic E-state index is 0.232. The van der Waals surface area contributed by atoms with Crippen molar-refractivity contribution in [1.82, 2.24) is 29.9 Å². The first kappa shape index (κ1) is 21.6. The van der Waals surface area contributed by atoms with Crippen LogP contribution in [0.1, 0.15) is 30.1 Å². The van der Waals surface area contributed by atoms with Gasteiger partial charge in [-0.05, 0) is 64.2 Å².